The van der Waals surface area contributed by atoms with Crippen molar-refractivity contribution in [1.29, 1.82) is 0 Å². The topological polar surface area (TPSA) is 17.3 Å². The summed E-state index contributed by atoms with van der Waals surface area (Å²) in [4.78, 5) is 4.84. The number of halogens is 1. The van der Waals surface area contributed by atoms with Crippen LogP contribution in [0.1, 0.15) is 0 Å². The Bertz CT molecular complexity index is 1120. The Labute approximate surface area is 131 Å². The first-order chi connectivity index (χ1) is 10.8. The van der Waals surface area contributed by atoms with Crippen molar-refractivity contribution in [1.82, 2.24) is 9.38 Å². The van der Waals surface area contributed by atoms with E-state index in [1.165, 1.54) is 21.8 Å². The van der Waals surface area contributed by atoms with Crippen LogP contribution < -0.4 is 0 Å². The number of hydrogen-bond donors (Lipinski definition) is 0. The highest BCUT2D eigenvalue weighted by molar-refractivity contribution is 6.30. The van der Waals surface area contributed by atoms with Crippen LogP contribution in [-0.4, -0.2) is 9.38 Å². The fraction of sp³-hybridized carbons (Fsp3) is 0. The molecule has 0 aliphatic carbocycles. The lowest BCUT2D eigenvalue weighted by Gasteiger charge is -1.98. The van der Waals surface area contributed by atoms with Gasteiger partial charge in [-0.2, -0.15) is 0 Å². The van der Waals surface area contributed by atoms with Crippen molar-refractivity contribution in [2.24, 2.45) is 0 Å². The molecule has 5 aromatic rings. The maximum Gasteiger partial charge on any atom is 0.138 e. The number of fused-ring (bicyclic) bond motifs is 3. The molecule has 0 spiro atoms. The van der Waals surface area contributed by atoms with Crippen molar-refractivity contribution in [3.05, 3.63) is 71.8 Å². The Kier molecular flexibility index (Phi) is 2.30. The van der Waals surface area contributed by atoms with Crippen molar-refractivity contribution in [2.75, 3.05) is 0 Å². The van der Waals surface area contributed by atoms with Gasteiger partial charge in [0.1, 0.15) is 5.65 Å². The van der Waals surface area contributed by atoms with Crippen LogP contribution in [0, 0.1) is 0 Å². The van der Waals surface area contributed by atoms with Crippen molar-refractivity contribution in [3.8, 4) is 11.3 Å². The summed E-state index contributed by atoms with van der Waals surface area (Å²) < 4.78 is 2.24. The summed E-state index contributed by atoms with van der Waals surface area (Å²) in [6.45, 7) is 0. The van der Waals surface area contributed by atoms with Gasteiger partial charge in [0.15, 0.2) is 0 Å². The lowest BCUT2D eigenvalue weighted by molar-refractivity contribution is 1.31. The normalized spacial score (nSPS) is 11.9. The molecule has 3 heteroatoms. The smallest absolute Gasteiger partial charge is 0.138 e. The van der Waals surface area contributed by atoms with Crippen molar-refractivity contribution >= 4 is 39.1 Å². The second kappa shape index (κ2) is 4.21. The molecule has 0 amide bonds. The van der Waals surface area contributed by atoms with Crippen LogP contribution in [0.15, 0.2) is 66.7 Å². The zero-order valence-electron chi connectivity index (χ0n) is 11.6. The van der Waals surface area contributed by atoms with Gasteiger partial charge in [0.25, 0.3) is 0 Å². The first kappa shape index (κ1) is 12.0. The van der Waals surface area contributed by atoms with Gasteiger partial charge in [-0.1, -0.05) is 54.1 Å². The molecule has 5 rings (SSSR count). The molecule has 0 fully saturated rings. The summed E-state index contributed by atoms with van der Waals surface area (Å²) in [6, 6.07) is 22.6. The summed E-state index contributed by atoms with van der Waals surface area (Å²) in [5, 5.41) is 3.24. The number of imidazole rings is 1. The van der Waals surface area contributed by atoms with Gasteiger partial charge >= 0.3 is 0 Å². The van der Waals surface area contributed by atoms with Crippen molar-refractivity contribution in [3.63, 3.8) is 0 Å². The van der Waals surface area contributed by atoms with Gasteiger partial charge in [-0.05, 0) is 24.3 Å². The van der Waals surface area contributed by atoms with Gasteiger partial charge in [-0.15, -0.1) is 0 Å². The molecule has 0 aliphatic rings. The fourth-order valence-corrected chi connectivity index (χ4v) is 3.40. The highest BCUT2D eigenvalue weighted by Gasteiger charge is 2.17. The maximum absolute atomic E-state index is 6.02. The third-order valence-corrected chi connectivity index (χ3v) is 4.47. The van der Waals surface area contributed by atoms with E-state index in [0.717, 1.165) is 21.9 Å². The fourth-order valence-electron chi connectivity index (χ4n) is 3.27. The van der Waals surface area contributed by atoms with E-state index < -0.39 is 0 Å². The minimum absolute atomic E-state index is 0.741. The molecule has 0 aliphatic heterocycles. The molecule has 0 saturated heterocycles. The van der Waals surface area contributed by atoms with Gasteiger partial charge in [0.2, 0.25) is 0 Å². The quantitative estimate of drug-likeness (QED) is 0.405. The molecule has 2 nitrogen and oxygen atoms in total. The molecule has 104 valence electrons. The van der Waals surface area contributed by atoms with Crippen LogP contribution in [0.5, 0.6) is 0 Å². The molecule has 3 aromatic heterocycles. The molecule has 2 aromatic carbocycles. The average molecular weight is 303 g/mol. The Balaban J connectivity index is 2.01. The zero-order valence-corrected chi connectivity index (χ0v) is 12.4. The molecule has 0 bridgehead atoms. The number of rotatable bonds is 1. The molecule has 0 saturated carbocycles. The predicted octanol–water partition coefficient (Wildman–Crippen LogP) is 5.40. The lowest BCUT2D eigenvalue weighted by Crippen LogP contribution is -1.80. The largest absolute Gasteiger partial charge is 0.292 e. The summed E-state index contributed by atoms with van der Waals surface area (Å²) in [5.41, 5.74) is 5.45. The Morgan fingerprint density at radius 2 is 1.55 bits per heavy atom. The average Bonchev–Trinajstić information content (AvgIpc) is 3.10. The third kappa shape index (κ3) is 1.48. The molecule has 0 N–H and O–H groups in total. The van der Waals surface area contributed by atoms with Gasteiger partial charge in [0.05, 0.1) is 16.7 Å². The minimum atomic E-state index is 0.741. The van der Waals surface area contributed by atoms with Crippen LogP contribution >= 0.6 is 11.6 Å². The molecule has 22 heavy (non-hydrogen) atoms. The van der Waals surface area contributed by atoms with Crippen LogP contribution in [0.2, 0.25) is 5.02 Å². The molecule has 0 unspecified atom stereocenters. The van der Waals surface area contributed by atoms with Crippen LogP contribution in [0.4, 0.5) is 0 Å². The summed E-state index contributed by atoms with van der Waals surface area (Å²) >= 11 is 6.02. The Hall–Kier alpha value is -2.58. The molecule has 3 heterocycles. The monoisotopic (exact) mass is 302 g/mol. The van der Waals surface area contributed by atoms with Gasteiger partial charge in [-0.25, -0.2) is 4.98 Å². The van der Waals surface area contributed by atoms with Gasteiger partial charge in [-0.3, -0.25) is 4.40 Å². The van der Waals surface area contributed by atoms with Gasteiger partial charge < -0.3 is 0 Å². The van der Waals surface area contributed by atoms with Crippen LogP contribution in [0.3, 0.4) is 0 Å². The lowest BCUT2D eigenvalue weighted by atomic mass is 10.1. The first-order valence-corrected chi connectivity index (χ1v) is 7.58. The standard InChI is InChI=1S/C19H11ClN2/c20-13-10-8-12(9-11-13)18-19-15-5-2-1-4-14(15)16-6-3-7-17(21-18)22(16)19/h1-11H. The summed E-state index contributed by atoms with van der Waals surface area (Å²) in [7, 11) is 0. The van der Waals surface area contributed by atoms with Crippen molar-refractivity contribution in [2.45, 2.75) is 0 Å². The number of pyridine rings is 1. The van der Waals surface area contributed by atoms with E-state index in [4.69, 9.17) is 16.6 Å². The van der Waals surface area contributed by atoms with Crippen LogP contribution in [0.25, 0.3) is 38.7 Å². The molecular formula is C19H11ClN2. The SMILES string of the molecule is Clc1ccc(-c2nc3cccc4c5ccccc5c2n34)cc1. The zero-order chi connectivity index (χ0) is 14.7. The highest BCUT2D eigenvalue weighted by Crippen LogP contribution is 2.36. The second-order valence-corrected chi connectivity index (χ2v) is 5.90. The third-order valence-electron chi connectivity index (χ3n) is 4.22. The maximum atomic E-state index is 6.02. The van der Waals surface area contributed by atoms with E-state index in [1.807, 2.05) is 24.3 Å². The summed E-state index contributed by atoms with van der Waals surface area (Å²) in [6.07, 6.45) is 0. The number of aromatic nitrogens is 2. The van der Waals surface area contributed by atoms with Crippen LogP contribution in [-0.2, 0) is 0 Å². The predicted molar refractivity (Wildman–Crippen MR) is 91.8 cm³/mol. The van der Waals surface area contributed by atoms with E-state index in [2.05, 4.69) is 46.9 Å². The van der Waals surface area contributed by atoms with E-state index in [-0.39, 0.29) is 0 Å². The van der Waals surface area contributed by atoms with E-state index in [9.17, 15) is 0 Å². The molecular weight excluding hydrogens is 292 g/mol. The number of nitrogens with zero attached hydrogens (tertiary/aromatic N) is 2. The first-order valence-electron chi connectivity index (χ1n) is 7.20. The highest BCUT2D eigenvalue weighted by atomic mass is 35.5. The van der Waals surface area contributed by atoms with E-state index in [1.54, 1.807) is 0 Å². The minimum Gasteiger partial charge on any atom is -0.292 e. The summed E-state index contributed by atoms with van der Waals surface area (Å²) in [5.74, 6) is 0. The van der Waals surface area contributed by atoms with E-state index >= 15 is 0 Å². The Morgan fingerprint density at radius 3 is 2.36 bits per heavy atom. The molecule has 0 radical (unpaired) electrons. The van der Waals surface area contributed by atoms with E-state index in [0.29, 0.717) is 0 Å². The second-order valence-electron chi connectivity index (χ2n) is 5.47. The molecule has 0 atom stereocenters. The number of benzene rings is 2. The van der Waals surface area contributed by atoms with Crippen molar-refractivity contribution < 1.29 is 0 Å². The number of hydrogen-bond acceptors (Lipinski definition) is 1. The van der Waals surface area contributed by atoms with Gasteiger partial charge in [0, 0.05) is 21.4 Å². The Morgan fingerprint density at radius 1 is 0.773 bits per heavy atom.